The van der Waals surface area contributed by atoms with Crippen molar-refractivity contribution >= 4 is 65.2 Å². The maximum Gasteiger partial charge on any atom is 0.289 e. The van der Waals surface area contributed by atoms with E-state index < -0.39 is 0 Å². The van der Waals surface area contributed by atoms with E-state index in [2.05, 4.69) is 25.9 Å². The SMILES string of the molecule is CSCCCNC(=O)c1nc(NC2CCCCC2NC(=N)N)c2cc(C)ccc2n1.Cl.Cl. The van der Waals surface area contributed by atoms with Crippen molar-refractivity contribution in [2.45, 2.75) is 51.1 Å². The maximum atomic E-state index is 12.6. The molecule has 0 saturated heterocycles. The predicted octanol–water partition coefficient (Wildman–Crippen LogP) is 3.47. The third-order valence-corrected chi connectivity index (χ3v) is 5.99. The van der Waals surface area contributed by atoms with Crippen molar-refractivity contribution in [1.82, 2.24) is 20.6 Å². The smallest absolute Gasteiger partial charge is 0.289 e. The summed E-state index contributed by atoms with van der Waals surface area (Å²) in [5.74, 6) is 1.54. The van der Waals surface area contributed by atoms with Crippen LogP contribution in [0.25, 0.3) is 10.9 Å². The Morgan fingerprint density at radius 3 is 2.62 bits per heavy atom. The summed E-state index contributed by atoms with van der Waals surface area (Å²) in [7, 11) is 0. The maximum absolute atomic E-state index is 12.6. The molecule has 1 aliphatic rings. The van der Waals surface area contributed by atoms with Gasteiger partial charge < -0.3 is 21.7 Å². The van der Waals surface area contributed by atoms with Crippen molar-refractivity contribution in [2.24, 2.45) is 5.73 Å². The lowest BCUT2D eigenvalue weighted by molar-refractivity contribution is 0.0944. The summed E-state index contributed by atoms with van der Waals surface area (Å²) in [4.78, 5) is 21.7. The van der Waals surface area contributed by atoms with E-state index in [1.807, 2.05) is 31.4 Å². The molecule has 1 aromatic heterocycles. The fourth-order valence-electron chi connectivity index (χ4n) is 3.80. The number of nitrogens with one attached hydrogen (secondary N) is 4. The number of carbonyl (C=O) groups excluding carboxylic acids is 1. The van der Waals surface area contributed by atoms with Crippen LogP contribution >= 0.6 is 36.6 Å². The number of thioether (sulfide) groups is 1. The number of carbonyl (C=O) groups is 1. The third-order valence-electron chi connectivity index (χ3n) is 5.29. The molecule has 32 heavy (non-hydrogen) atoms. The van der Waals surface area contributed by atoms with Crippen LogP contribution in [0, 0.1) is 12.3 Å². The topological polar surface area (TPSA) is 129 Å². The summed E-state index contributed by atoms with van der Waals surface area (Å²) in [6.45, 7) is 2.63. The first-order valence-corrected chi connectivity index (χ1v) is 11.8. The second-order valence-electron chi connectivity index (χ2n) is 7.72. The Balaban J connectivity index is 0.00000256. The van der Waals surface area contributed by atoms with E-state index in [1.165, 1.54) is 0 Å². The van der Waals surface area contributed by atoms with Gasteiger partial charge in [-0.05, 0) is 50.3 Å². The first kappa shape index (κ1) is 28.1. The number of fused-ring (bicyclic) bond motifs is 1. The molecule has 1 fully saturated rings. The lowest BCUT2D eigenvalue weighted by Crippen LogP contribution is -2.50. The van der Waals surface area contributed by atoms with E-state index in [1.54, 1.807) is 11.8 Å². The number of nitrogens with zero attached hydrogens (tertiary/aromatic N) is 2. The Hall–Kier alpha value is -1.97. The minimum atomic E-state index is -0.260. The summed E-state index contributed by atoms with van der Waals surface area (Å²) in [5, 5.41) is 18.0. The van der Waals surface area contributed by atoms with Crippen molar-refractivity contribution in [3.05, 3.63) is 29.6 Å². The summed E-state index contributed by atoms with van der Waals surface area (Å²) in [6.07, 6.45) is 7.02. The van der Waals surface area contributed by atoms with Crippen LogP contribution in [0.15, 0.2) is 18.2 Å². The first-order chi connectivity index (χ1) is 14.5. The van der Waals surface area contributed by atoms with Gasteiger partial charge in [0.2, 0.25) is 5.82 Å². The molecule has 178 valence electrons. The normalized spacial score (nSPS) is 17.6. The highest BCUT2D eigenvalue weighted by Gasteiger charge is 2.27. The van der Waals surface area contributed by atoms with Crippen molar-refractivity contribution in [2.75, 3.05) is 23.9 Å². The molecule has 1 aliphatic carbocycles. The number of halogens is 2. The zero-order valence-corrected chi connectivity index (χ0v) is 20.9. The zero-order valence-electron chi connectivity index (χ0n) is 18.4. The lowest BCUT2D eigenvalue weighted by atomic mass is 9.90. The molecule has 1 aromatic carbocycles. The minimum Gasteiger partial charge on any atom is -0.370 e. The molecule has 11 heteroatoms. The second kappa shape index (κ2) is 13.5. The average molecular weight is 503 g/mol. The van der Waals surface area contributed by atoms with Gasteiger partial charge in [-0.15, -0.1) is 24.8 Å². The Bertz CT molecular complexity index is 915. The van der Waals surface area contributed by atoms with E-state index in [4.69, 9.17) is 11.1 Å². The third kappa shape index (κ3) is 7.56. The van der Waals surface area contributed by atoms with E-state index >= 15 is 0 Å². The van der Waals surface area contributed by atoms with Crippen LogP contribution in [-0.2, 0) is 0 Å². The number of aromatic nitrogens is 2. The standard InChI is InChI=1S/C21H31N7OS.2ClH/c1-13-8-9-15-14(12-13)18(26-16-6-3-4-7-17(16)27-21(22)23)28-19(25-15)20(29)24-10-5-11-30-2;;/h8-9,12,16-17H,3-7,10-11H2,1-2H3,(H,24,29)(H4,22,23,27)(H,25,26,28);2*1H. The summed E-state index contributed by atoms with van der Waals surface area (Å²) < 4.78 is 0. The first-order valence-electron chi connectivity index (χ1n) is 10.4. The molecule has 0 bridgehead atoms. The van der Waals surface area contributed by atoms with Crippen LogP contribution in [0.5, 0.6) is 0 Å². The number of benzene rings is 1. The van der Waals surface area contributed by atoms with Gasteiger partial charge in [-0.2, -0.15) is 11.8 Å². The Labute approximate surface area is 206 Å². The number of nitrogens with two attached hydrogens (primary N) is 1. The van der Waals surface area contributed by atoms with Gasteiger partial charge in [-0.25, -0.2) is 9.97 Å². The number of amides is 1. The molecule has 3 rings (SSSR count). The van der Waals surface area contributed by atoms with E-state index in [0.29, 0.717) is 12.4 Å². The van der Waals surface area contributed by atoms with Gasteiger partial charge in [0, 0.05) is 24.0 Å². The van der Waals surface area contributed by atoms with E-state index in [-0.39, 0.29) is 54.6 Å². The molecule has 2 atom stereocenters. The second-order valence-corrected chi connectivity index (χ2v) is 8.70. The molecule has 0 spiro atoms. The van der Waals surface area contributed by atoms with Crippen LogP contribution in [0.4, 0.5) is 5.82 Å². The van der Waals surface area contributed by atoms with Gasteiger partial charge in [-0.1, -0.05) is 24.5 Å². The Morgan fingerprint density at radius 1 is 1.22 bits per heavy atom. The molecule has 8 nitrogen and oxygen atoms in total. The van der Waals surface area contributed by atoms with Crippen molar-refractivity contribution in [3.8, 4) is 0 Å². The van der Waals surface area contributed by atoms with Gasteiger partial charge in [0.25, 0.3) is 5.91 Å². The lowest BCUT2D eigenvalue weighted by Gasteiger charge is -2.33. The minimum absolute atomic E-state index is 0. The zero-order chi connectivity index (χ0) is 21.5. The van der Waals surface area contributed by atoms with Gasteiger partial charge in [-0.3, -0.25) is 10.2 Å². The Kier molecular flexibility index (Phi) is 11.9. The van der Waals surface area contributed by atoms with Gasteiger partial charge in [0.05, 0.1) is 5.52 Å². The quantitative estimate of drug-likeness (QED) is 0.212. The van der Waals surface area contributed by atoms with Crippen LogP contribution in [0.3, 0.4) is 0 Å². The van der Waals surface area contributed by atoms with E-state index in [9.17, 15) is 4.79 Å². The molecule has 0 aliphatic heterocycles. The molecule has 1 amide bonds. The average Bonchev–Trinajstić information content (AvgIpc) is 2.72. The number of rotatable bonds is 8. The van der Waals surface area contributed by atoms with Crippen LogP contribution < -0.4 is 21.7 Å². The van der Waals surface area contributed by atoms with Crippen LogP contribution in [-0.4, -0.2) is 52.5 Å². The molecular formula is C21H33Cl2N7OS. The van der Waals surface area contributed by atoms with Gasteiger partial charge >= 0.3 is 0 Å². The number of aryl methyl sites for hydroxylation is 1. The van der Waals surface area contributed by atoms with E-state index in [0.717, 1.165) is 54.3 Å². The highest BCUT2D eigenvalue weighted by Crippen LogP contribution is 2.27. The molecular weight excluding hydrogens is 469 g/mol. The largest absolute Gasteiger partial charge is 0.370 e. The van der Waals surface area contributed by atoms with Gasteiger partial charge in [0.1, 0.15) is 5.82 Å². The monoisotopic (exact) mass is 501 g/mol. The highest BCUT2D eigenvalue weighted by molar-refractivity contribution is 7.98. The number of hydrogen-bond donors (Lipinski definition) is 5. The van der Waals surface area contributed by atoms with Crippen LogP contribution in [0.2, 0.25) is 0 Å². The van der Waals surface area contributed by atoms with Crippen molar-refractivity contribution in [1.29, 1.82) is 5.41 Å². The van der Waals surface area contributed by atoms with Crippen molar-refractivity contribution in [3.63, 3.8) is 0 Å². The Morgan fingerprint density at radius 2 is 1.94 bits per heavy atom. The highest BCUT2D eigenvalue weighted by atomic mass is 35.5. The van der Waals surface area contributed by atoms with Gasteiger partial charge in [0.15, 0.2) is 5.96 Å². The van der Waals surface area contributed by atoms with Crippen molar-refractivity contribution < 1.29 is 4.79 Å². The molecule has 1 heterocycles. The number of anilines is 1. The molecule has 2 aromatic rings. The summed E-state index contributed by atoms with van der Waals surface area (Å²) in [6, 6.07) is 6.07. The predicted molar refractivity (Wildman–Crippen MR) is 139 cm³/mol. The summed E-state index contributed by atoms with van der Waals surface area (Å²) >= 11 is 1.76. The number of hydrogen-bond acceptors (Lipinski definition) is 6. The summed E-state index contributed by atoms with van der Waals surface area (Å²) in [5.41, 5.74) is 7.42. The molecule has 1 saturated carbocycles. The fourth-order valence-corrected chi connectivity index (χ4v) is 4.24. The molecule has 0 radical (unpaired) electrons. The fraction of sp³-hybridized carbons (Fsp3) is 0.524. The molecule has 2 unspecified atom stereocenters. The number of guanidine groups is 1. The van der Waals surface area contributed by atoms with Crippen LogP contribution in [0.1, 0.15) is 48.3 Å². The molecule has 6 N–H and O–H groups in total.